The molecule has 0 fully saturated rings. The number of aromatic nitrogens is 2. The van der Waals surface area contributed by atoms with Crippen molar-refractivity contribution < 1.29 is 4.74 Å². The Bertz CT molecular complexity index is 577. The van der Waals surface area contributed by atoms with Crippen LogP contribution in [-0.2, 0) is 20.1 Å². The molecule has 1 aliphatic rings. The highest BCUT2D eigenvalue weighted by atomic mass is 16.5. The molecule has 19 heavy (non-hydrogen) atoms. The van der Waals surface area contributed by atoms with Gasteiger partial charge in [0.2, 0.25) is 0 Å². The van der Waals surface area contributed by atoms with Crippen molar-refractivity contribution in [1.82, 2.24) is 9.55 Å². The van der Waals surface area contributed by atoms with E-state index in [0.29, 0.717) is 6.61 Å². The Morgan fingerprint density at radius 3 is 3.16 bits per heavy atom. The fraction of sp³-hybridized carbons (Fsp3) is 0.400. The van der Waals surface area contributed by atoms with E-state index in [1.54, 1.807) is 6.33 Å². The second-order valence-electron chi connectivity index (χ2n) is 5.14. The van der Waals surface area contributed by atoms with Gasteiger partial charge in [-0.1, -0.05) is 6.07 Å². The summed E-state index contributed by atoms with van der Waals surface area (Å²) in [7, 11) is 1.97. The van der Waals surface area contributed by atoms with E-state index in [-0.39, 0.29) is 6.04 Å². The van der Waals surface area contributed by atoms with Gasteiger partial charge in [-0.05, 0) is 42.5 Å². The third-order valence-corrected chi connectivity index (χ3v) is 3.78. The van der Waals surface area contributed by atoms with Crippen LogP contribution in [0.2, 0.25) is 0 Å². The molecule has 0 radical (unpaired) electrons. The number of fused-ring (bicyclic) bond motifs is 1. The summed E-state index contributed by atoms with van der Waals surface area (Å²) < 4.78 is 7.79. The molecule has 2 N–H and O–H groups in total. The molecular weight excluding hydrogens is 238 g/mol. The van der Waals surface area contributed by atoms with Crippen LogP contribution in [-0.4, -0.2) is 9.55 Å². The van der Waals surface area contributed by atoms with Crippen molar-refractivity contribution in [2.75, 3.05) is 0 Å². The first-order valence-corrected chi connectivity index (χ1v) is 6.70. The summed E-state index contributed by atoms with van der Waals surface area (Å²) in [5.74, 6) is 0.886. The average Bonchev–Trinajstić information content (AvgIpc) is 2.83. The molecule has 0 aliphatic heterocycles. The van der Waals surface area contributed by atoms with Crippen LogP contribution in [0.3, 0.4) is 0 Å². The van der Waals surface area contributed by atoms with E-state index >= 15 is 0 Å². The van der Waals surface area contributed by atoms with E-state index in [4.69, 9.17) is 10.5 Å². The Hall–Kier alpha value is -1.81. The minimum Gasteiger partial charge on any atom is -0.487 e. The summed E-state index contributed by atoms with van der Waals surface area (Å²) in [6.07, 6.45) is 6.98. The van der Waals surface area contributed by atoms with Crippen molar-refractivity contribution >= 4 is 0 Å². The van der Waals surface area contributed by atoms with Gasteiger partial charge in [0, 0.05) is 13.1 Å². The van der Waals surface area contributed by atoms with Gasteiger partial charge in [-0.3, -0.25) is 0 Å². The number of benzene rings is 1. The standard InChI is InChI=1S/C15H19N3O/c1-18-10-17-8-12(18)9-19-13-6-5-11-3-2-4-15(16)14(11)7-13/h5-8,10,15H,2-4,9,16H2,1H3. The van der Waals surface area contributed by atoms with E-state index in [0.717, 1.165) is 24.3 Å². The largest absolute Gasteiger partial charge is 0.487 e. The lowest BCUT2D eigenvalue weighted by Gasteiger charge is -2.22. The van der Waals surface area contributed by atoms with Crippen LogP contribution in [0.5, 0.6) is 5.75 Å². The summed E-state index contributed by atoms with van der Waals surface area (Å²) in [4.78, 5) is 4.08. The Kier molecular flexibility index (Phi) is 3.25. The summed E-state index contributed by atoms with van der Waals surface area (Å²) in [5, 5.41) is 0. The predicted molar refractivity (Wildman–Crippen MR) is 73.8 cm³/mol. The number of nitrogens with two attached hydrogens (primary N) is 1. The molecule has 1 aromatic heterocycles. The molecule has 0 saturated heterocycles. The summed E-state index contributed by atoms with van der Waals surface area (Å²) in [6.45, 7) is 0.532. The Morgan fingerprint density at radius 1 is 1.47 bits per heavy atom. The SMILES string of the molecule is Cn1cncc1COc1ccc2c(c1)C(N)CCC2. The van der Waals surface area contributed by atoms with Crippen LogP contribution in [0.1, 0.15) is 35.7 Å². The zero-order valence-electron chi connectivity index (χ0n) is 11.2. The van der Waals surface area contributed by atoms with Crippen LogP contribution < -0.4 is 10.5 Å². The average molecular weight is 257 g/mol. The van der Waals surface area contributed by atoms with Crippen molar-refractivity contribution in [3.63, 3.8) is 0 Å². The van der Waals surface area contributed by atoms with Gasteiger partial charge in [-0.25, -0.2) is 4.98 Å². The highest BCUT2D eigenvalue weighted by Gasteiger charge is 2.17. The monoisotopic (exact) mass is 257 g/mol. The summed E-state index contributed by atoms with van der Waals surface area (Å²) >= 11 is 0. The maximum Gasteiger partial charge on any atom is 0.130 e. The number of aryl methyl sites for hydroxylation is 2. The molecule has 1 aliphatic carbocycles. The lowest BCUT2D eigenvalue weighted by Crippen LogP contribution is -2.17. The quantitative estimate of drug-likeness (QED) is 0.918. The Labute approximate surface area is 113 Å². The molecule has 1 atom stereocenters. The zero-order valence-corrected chi connectivity index (χ0v) is 11.2. The summed E-state index contributed by atoms with van der Waals surface area (Å²) in [5.41, 5.74) is 9.83. The number of hydrogen-bond donors (Lipinski definition) is 1. The van der Waals surface area contributed by atoms with Crippen LogP contribution in [0.25, 0.3) is 0 Å². The van der Waals surface area contributed by atoms with Crippen LogP contribution in [0, 0.1) is 0 Å². The van der Waals surface area contributed by atoms with E-state index in [9.17, 15) is 0 Å². The molecule has 3 rings (SSSR count). The molecule has 4 nitrogen and oxygen atoms in total. The lowest BCUT2D eigenvalue weighted by atomic mass is 9.88. The maximum absolute atomic E-state index is 6.16. The maximum atomic E-state index is 6.16. The fourth-order valence-electron chi connectivity index (χ4n) is 2.58. The Balaban J connectivity index is 1.75. The molecule has 2 aromatic rings. The molecule has 1 heterocycles. The van der Waals surface area contributed by atoms with Crippen molar-refractivity contribution in [3.8, 4) is 5.75 Å². The van der Waals surface area contributed by atoms with E-state index < -0.39 is 0 Å². The fourth-order valence-corrected chi connectivity index (χ4v) is 2.58. The number of hydrogen-bond acceptors (Lipinski definition) is 3. The van der Waals surface area contributed by atoms with Crippen LogP contribution >= 0.6 is 0 Å². The number of rotatable bonds is 3. The molecule has 1 aromatic carbocycles. The van der Waals surface area contributed by atoms with E-state index in [1.807, 2.05) is 23.9 Å². The first-order valence-electron chi connectivity index (χ1n) is 6.70. The second-order valence-corrected chi connectivity index (χ2v) is 5.14. The Morgan fingerprint density at radius 2 is 2.37 bits per heavy atom. The predicted octanol–water partition coefficient (Wildman–Crippen LogP) is 2.34. The first kappa shape index (κ1) is 12.2. The minimum atomic E-state index is 0.156. The van der Waals surface area contributed by atoms with E-state index in [2.05, 4.69) is 17.1 Å². The van der Waals surface area contributed by atoms with Gasteiger partial charge in [0.05, 0.1) is 18.2 Å². The van der Waals surface area contributed by atoms with Crippen LogP contribution in [0.4, 0.5) is 0 Å². The summed E-state index contributed by atoms with van der Waals surface area (Å²) in [6, 6.07) is 6.43. The molecule has 0 bridgehead atoms. The topological polar surface area (TPSA) is 53.1 Å². The molecule has 100 valence electrons. The molecule has 0 amide bonds. The second kappa shape index (κ2) is 5.05. The molecule has 1 unspecified atom stereocenters. The smallest absolute Gasteiger partial charge is 0.130 e. The van der Waals surface area contributed by atoms with Gasteiger partial charge < -0.3 is 15.0 Å². The normalized spacial score (nSPS) is 18.1. The van der Waals surface area contributed by atoms with Gasteiger partial charge in [-0.2, -0.15) is 0 Å². The molecule has 4 heteroatoms. The van der Waals surface area contributed by atoms with Gasteiger partial charge in [0.25, 0.3) is 0 Å². The number of imidazole rings is 1. The highest BCUT2D eigenvalue weighted by molar-refractivity contribution is 5.39. The van der Waals surface area contributed by atoms with Gasteiger partial charge in [0.15, 0.2) is 0 Å². The van der Waals surface area contributed by atoms with Gasteiger partial charge >= 0.3 is 0 Å². The van der Waals surface area contributed by atoms with Crippen molar-refractivity contribution in [3.05, 3.63) is 47.5 Å². The van der Waals surface area contributed by atoms with Gasteiger partial charge in [0.1, 0.15) is 12.4 Å². The zero-order chi connectivity index (χ0) is 13.2. The van der Waals surface area contributed by atoms with Crippen molar-refractivity contribution in [2.45, 2.75) is 31.9 Å². The van der Waals surface area contributed by atoms with Crippen LogP contribution in [0.15, 0.2) is 30.7 Å². The third-order valence-electron chi connectivity index (χ3n) is 3.78. The molecular formula is C15H19N3O. The molecule has 0 spiro atoms. The van der Waals surface area contributed by atoms with Crippen molar-refractivity contribution in [1.29, 1.82) is 0 Å². The third kappa shape index (κ3) is 2.49. The van der Waals surface area contributed by atoms with E-state index in [1.165, 1.54) is 17.5 Å². The number of ether oxygens (including phenoxy) is 1. The lowest BCUT2D eigenvalue weighted by molar-refractivity contribution is 0.296. The minimum absolute atomic E-state index is 0.156. The number of nitrogens with zero attached hydrogens (tertiary/aromatic N) is 2. The first-order chi connectivity index (χ1) is 9.24. The highest BCUT2D eigenvalue weighted by Crippen LogP contribution is 2.31. The van der Waals surface area contributed by atoms with Gasteiger partial charge in [-0.15, -0.1) is 0 Å². The van der Waals surface area contributed by atoms with Crippen molar-refractivity contribution in [2.24, 2.45) is 12.8 Å². The molecule has 0 saturated carbocycles.